The van der Waals surface area contributed by atoms with Gasteiger partial charge in [0.1, 0.15) is 5.75 Å². The summed E-state index contributed by atoms with van der Waals surface area (Å²) in [6.45, 7) is 0.607. The van der Waals surface area contributed by atoms with Crippen molar-refractivity contribution in [1.82, 2.24) is 14.3 Å². The van der Waals surface area contributed by atoms with Gasteiger partial charge in [0.15, 0.2) is 12.0 Å². The summed E-state index contributed by atoms with van der Waals surface area (Å²) in [5.41, 5.74) is 3.28. The van der Waals surface area contributed by atoms with Crippen LogP contribution < -0.4 is 10.2 Å². The van der Waals surface area contributed by atoms with Crippen molar-refractivity contribution in [1.29, 1.82) is 0 Å². The average molecular weight is 574 g/mol. The predicted molar refractivity (Wildman–Crippen MR) is 147 cm³/mol. The van der Waals surface area contributed by atoms with Crippen molar-refractivity contribution in [3.8, 4) is 5.75 Å². The van der Waals surface area contributed by atoms with E-state index < -0.39 is 11.9 Å². The van der Waals surface area contributed by atoms with Crippen LogP contribution in [-0.2, 0) is 16.0 Å². The average Bonchev–Trinajstić information content (AvgIpc) is 3.23. The monoisotopic (exact) mass is 573 g/mol. The molecular formula is C29H24BrN3O5. The fraction of sp³-hybridized carbons (Fsp3) is 0.241. The first-order chi connectivity index (χ1) is 18.4. The number of pyridine rings is 2. The number of ether oxygens (including phenoxy) is 1. The maximum Gasteiger partial charge on any atom is 0.306 e. The summed E-state index contributed by atoms with van der Waals surface area (Å²) in [6.07, 6.45) is 6.69. The Morgan fingerprint density at radius 1 is 1.08 bits per heavy atom. The Bertz CT molecular complexity index is 1740. The van der Waals surface area contributed by atoms with Gasteiger partial charge < -0.3 is 19.1 Å². The van der Waals surface area contributed by atoms with Crippen molar-refractivity contribution in [3.05, 3.63) is 86.9 Å². The van der Waals surface area contributed by atoms with Crippen molar-refractivity contribution < 1.29 is 19.4 Å². The molecule has 2 aromatic carbocycles. The fourth-order valence-corrected chi connectivity index (χ4v) is 5.73. The molecule has 0 radical (unpaired) electrons. The summed E-state index contributed by atoms with van der Waals surface area (Å²) in [5, 5.41) is 11.6. The van der Waals surface area contributed by atoms with Gasteiger partial charge in [-0.25, -0.2) is 0 Å². The Morgan fingerprint density at radius 2 is 1.87 bits per heavy atom. The van der Waals surface area contributed by atoms with Crippen molar-refractivity contribution >= 4 is 55.0 Å². The van der Waals surface area contributed by atoms with Gasteiger partial charge in [0.05, 0.1) is 22.3 Å². The Hall–Kier alpha value is -3.98. The van der Waals surface area contributed by atoms with E-state index in [-0.39, 0.29) is 17.9 Å². The molecule has 1 N–H and O–H groups in total. The number of likely N-dealkylation sites (tertiary alicyclic amines) is 1. The van der Waals surface area contributed by atoms with Crippen LogP contribution in [0.15, 0.2) is 70.3 Å². The highest BCUT2D eigenvalue weighted by Crippen LogP contribution is 2.36. The van der Waals surface area contributed by atoms with E-state index in [2.05, 4.69) is 25.3 Å². The van der Waals surface area contributed by atoms with E-state index in [1.165, 1.54) is 0 Å². The zero-order valence-electron chi connectivity index (χ0n) is 20.4. The van der Waals surface area contributed by atoms with Gasteiger partial charge in [-0.15, -0.1) is 0 Å². The van der Waals surface area contributed by atoms with E-state index in [1.54, 1.807) is 23.4 Å². The Morgan fingerprint density at radius 3 is 2.61 bits per heavy atom. The molecule has 9 heteroatoms. The second-order valence-electron chi connectivity index (χ2n) is 9.70. The van der Waals surface area contributed by atoms with E-state index in [1.807, 2.05) is 42.6 Å². The smallest absolute Gasteiger partial charge is 0.306 e. The summed E-state index contributed by atoms with van der Waals surface area (Å²) in [5.74, 6) is -0.984. The molecular weight excluding hydrogens is 550 g/mol. The van der Waals surface area contributed by atoms with Crippen molar-refractivity contribution in [2.45, 2.75) is 19.3 Å². The molecule has 0 atom stereocenters. The van der Waals surface area contributed by atoms with Crippen LogP contribution in [0.3, 0.4) is 0 Å². The Balaban J connectivity index is 1.38. The number of halogens is 1. The maximum atomic E-state index is 13.7. The quantitative estimate of drug-likeness (QED) is 0.321. The molecule has 1 saturated heterocycles. The molecule has 1 fully saturated rings. The Labute approximate surface area is 225 Å². The number of carboxylic acid groups (broad SMARTS) is 1. The van der Waals surface area contributed by atoms with Gasteiger partial charge in [-0.1, -0.05) is 22.0 Å². The lowest BCUT2D eigenvalue weighted by atomic mass is 9.97. The van der Waals surface area contributed by atoms with Crippen LogP contribution in [0.2, 0.25) is 0 Å². The van der Waals surface area contributed by atoms with Gasteiger partial charge in [0.2, 0.25) is 0 Å². The van der Waals surface area contributed by atoms with Gasteiger partial charge in [0, 0.05) is 58.9 Å². The number of hydrogen-bond acceptors (Lipinski definition) is 5. The first-order valence-corrected chi connectivity index (χ1v) is 13.2. The number of rotatable bonds is 6. The highest BCUT2D eigenvalue weighted by atomic mass is 79.9. The number of fused-ring (bicyclic) bond motifs is 3. The third-order valence-electron chi connectivity index (χ3n) is 7.33. The van der Waals surface area contributed by atoms with Crippen molar-refractivity contribution in [3.63, 3.8) is 0 Å². The molecule has 0 unspecified atom stereocenters. The number of hydrogen-bond donors (Lipinski definition) is 1. The molecule has 1 amide bonds. The molecule has 38 heavy (non-hydrogen) atoms. The normalized spacial score (nSPS) is 14.5. The van der Waals surface area contributed by atoms with Crippen LogP contribution in [0, 0.1) is 5.92 Å². The zero-order valence-corrected chi connectivity index (χ0v) is 22.0. The van der Waals surface area contributed by atoms with E-state index in [0.29, 0.717) is 49.1 Å². The van der Waals surface area contributed by atoms with Gasteiger partial charge in [-0.05, 0) is 54.8 Å². The lowest BCUT2D eigenvalue weighted by molar-refractivity contribution is -0.146. The van der Waals surface area contributed by atoms with Crippen LogP contribution in [0.25, 0.3) is 27.2 Å². The molecule has 192 valence electrons. The number of benzene rings is 2. The van der Waals surface area contributed by atoms with E-state index in [4.69, 9.17) is 4.74 Å². The minimum atomic E-state index is -0.817. The second kappa shape index (κ2) is 9.72. The third-order valence-corrected chi connectivity index (χ3v) is 7.82. The lowest BCUT2D eigenvalue weighted by Crippen LogP contribution is -2.42. The topological polar surface area (TPSA) is 101 Å². The highest BCUT2D eigenvalue weighted by Gasteiger charge is 2.27. The number of aromatic nitrogens is 2. The van der Waals surface area contributed by atoms with Crippen molar-refractivity contribution in [2.24, 2.45) is 5.92 Å². The molecule has 6 rings (SSSR count). The molecule has 8 nitrogen and oxygen atoms in total. The standard InChI is InChI=1S/C29H24BrN3O5/c30-20-3-4-25-22(11-20)23-12-21(38-16-26(34)32-8-5-18(6-9-32)29(36)37)13-24-27(23)33(25)15-19(28(24)35)10-17-2-1-7-31-14-17/h1-4,7,11-15,18H,5-6,8-10,16H2,(H,36,37). The fourth-order valence-electron chi connectivity index (χ4n) is 5.37. The maximum absolute atomic E-state index is 13.7. The SMILES string of the molecule is O=C(O)C1CCN(C(=O)COc2cc3c(=O)c(Cc4cccnc4)cn4c5ccc(Br)cc5c(c2)c34)CC1. The molecule has 0 spiro atoms. The molecule has 1 aliphatic rings. The van der Waals surface area contributed by atoms with Crippen molar-refractivity contribution in [2.75, 3.05) is 19.7 Å². The van der Waals surface area contributed by atoms with Gasteiger partial charge in [0.25, 0.3) is 5.91 Å². The molecule has 3 aromatic heterocycles. The predicted octanol–water partition coefficient (Wildman–Crippen LogP) is 4.49. The largest absolute Gasteiger partial charge is 0.484 e. The number of piperidine rings is 1. The zero-order chi connectivity index (χ0) is 26.4. The van der Waals surface area contributed by atoms with E-state index in [9.17, 15) is 19.5 Å². The Kier molecular flexibility index (Phi) is 6.23. The summed E-state index contributed by atoms with van der Waals surface area (Å²) >= 11 is 3.56. The van der Waals surface area contributed by atoms with E-state index in [0.717, 1.165) is 31.8 Å². The van der Waals surface area contributed by atoms with E-state index >= 15 is 0 Å². The van der Waals surface area contributed by atoms with Crippen LogP contribution >= 0.6 is 15.9 Å². The second-order valence-corrected chi connectivity index (χ2v) is 10.6. The number of carbonyl (C=O) groups excluding carboxylic acids is 1. The van der Waals surface area contributed by atoms with Gasteiger partial charge in [-0.3, -0.25) is 19.4 Å². The molecule has 0 bridgehead atoms. The minimum Gasteiger partial charge on any atom is -0.484 e. The number of amides is 1. The van der Waals surface area contributed by atoms with Gasteiger partial charge in [-0.2, -0.15) is 0 Å². The van der Waals surface area contributed by atoms with Crippen LogP contribution in [-0.4, -0.2) is 51.0 Å². The molecule has 1 aliphatic heterocycles. The number of carbonyl (C=O) groups is 2. The van der Waals surface area contributed by atoms with Crippen LogP contribution in [0.1, 0.15) is 24.0 Å². The summed E-state index contributed by atoms with van der Waals surface area (Å²) in [6, 6.07) is 13.4. The lowest BCUT2D eigenvalue weighted by Gasteiger charge is -2.30. The van der Waals surface area contributed by atoms with Gasteiger partial charge >= 0.3 is 5.97 Å². The number of nitrogens with zero attached hydrogens (tertiary/aromatic N) is 3. The summed E-state index contributed by atoms with van der Waals surface area (Å²) < 4.78 is 8.93. The molecule has 4 heterocycles. The van der Waals surface area contributed by atoms with Crippen LogP contribution in [0.5, 0.6) is 5.75 Å². The third kappa shape index (κ3) is 4.36. The van der Waals surface area contributed by atoms with Crippen LogP contribution in [0.4, 0.5) is 0 Å². The minimum absolute atomic E-state index is 0.0826. The summed E-state index contributed by atoms with van der Waals surface area (Å²) in [7, 11) is 0. The molecule has 5 aromatic rings. The number of carboxylic acids is 1. The first kappa shape index (κ1) is 24.4. The highest BCUT2D eigenvalue weighted by molar-refractivity contribution is 9.10. The molecule has 0 aliphatic carbocycles. The summed E-state index contributed by atoms with van der Waals surface area (Å²) in [4.78, 5) is 43.5. The first-order valence-electron chi connectivity index (χ1n) is 12.4. The number of aliphatic carboxylic acids is 1. The molecule has 0 saturated carbocycles.